The van der Waals surface area contributed by atoms with Crippen LogP contribution in [-0.2, 0) is 11.3 Å². The van der Waals surface area contributed by atoms with Crippen molar-refractivity contribution >= 4 is 23.2 Å². The number of carbonyl (C=O) groups excluding carboxylic acids is 1. The number of thiazole rings is 1. The van der Waals surface area contributed by atoms with Gasteiger partial charge >= 0.3 is 6.09 Å². The van der Waals surface area contributed by atoms with Gasteiger partial charge in [0.1, 0.15) is 18.2 Å². The highest BCUT2D eigenvalue weighted by atomic mass is 32.1. The Hall–Kier alpha value is -3.00. The van der Waals surface area contributed by atoms with Crippen LogP contribution in [0.4, 0.5) is 15.0 Å². The quantitative estimate of drug-likeness (QED) is 0.586. The second-order valence-corrected chi connectivity index (χ2v) is 9.33. The van der Waals surface area contributed by atoms with Gasteiger partial charge in [0.15, 0.2) is 0 Å². The lowest BCUT2D eigenvalue weighted by molar-refractivity contribution is 0.136. The molecule has 3 aromatic rings. The monoisotopic (exact) mass is 452 g/mol. The number of benzene rings is 1. The number of nitrogens with one attached hydrogen (secondary N) is 1. The van der Waals surface area contributed by atoms with Crippen LogP contribution < -0.4 is 10.2 Å². The number of ether oxygens (including phenoxy) is 1. The Morgan fingerprint density at radius 3 is 2.50 bits per heavy atom. The lowest BCUT2D eigenvalue weighted by Gasteiger charge is -2.20. The zero-order valence-corrected chi connectivity index (χ0v) is 18.4. The van der Waals surface area contributed by atoms with E-state index in [4.69, 9.17) is 4.74 Å². The molecule has 2 aliphatic rings. The first-order valence-electron chi connectivity index (χ1n) is 10.9. The van der Waals surface area contributed by atoms with Gasteiger partial charge in [-0.05, 0) is 60.4 Å². The van der Waals surface area contributed by atoms with Crippen molar-refractivity contribution in [1.29, 1.82) is 0 Å². The summed E-state index contributed by atoms with van der Waals surface area (Å²) in [4.78, 5) is 23.1. The van der Waals surface area contributed by atoms with E-state index in [2.05, 4.69) is 26.3 Å². The van der Waals surface area contributed by atoms with E-state index in [0.717, 1.165) is 48.6 Å². The Labute approximate surface area is 190 Å². The SMILES string of the molecule is O=C(NCC1C[C@@H]2CN(c3ccc(-c4ccc(F)cc4)cn3)C[C@@H]2C1)OCc1cscn1. The summed E-state index contributed by atoms with van der Waals surface area (Å²) in [5.74, 6) is 2.51. The molecule has 1 aliphatic heterocycles. The minimum atomic E-state index is -0.373. The average molecular weight is 453 g/mol. The van der Waals surface area contributed by atoms with Crippen molar-refractivity contribution in [2.45, 2.75) is 19.4 Å². The first kappa shape index (κ1) is 20.9. The molecular weight excluding hydrogens is 427 g/mol. The van der Waals surface area contributed by atoms with Gasteiger partial charge in [0.25, 0.3) is 0 Å². The number of amides is 1. The van der Waals surface area contributed by atoms with E-state index in [-0.39, 0.29) is 18.5 Å². The number of anilines is 1. The van der Waals surface area contributed by atoms with Crippen LogP contribution in [0.2, 0.25) is 0 Å². The van der Waals surface area contributed by atoms with Gasteiger partial charge in [0, 0.05) is 36.8 Å². The van der Waals surface area contributed by atoms with Crippen LogP contribution in [0.1, 0.15) is 18.5 Å². The number of aromatic nitrogens is 2. The van der Waals surface area contributed by atoms with Crippen molar-refractivity contribution in [2.75, 3.05) is 24.5 Å². The molecule has 5 rings (SSSR count). The van der Waals surface area contributed by atoms with Crippen molar-refractivity contribution in [1.82, 2.24) is 15.3 Å². The summed E-state index contributed by atoms with van der Waals surface area (Å²) in [6, 6.07) is 10.6. The second kappa shape index (κ2) is 9.24. The van der Waals surface area contributed by atoms with Gasteiger partial charge in [0.2, 0.25) is 0 Å². The number of carbonyl (C=O) groups is 1. The molecule has 6 nitrogen and oxygen atoms in total. The maximum Gasteiger partial charge on any atom is 0.407 e. The third-order valence-electron chi connectivity index (χ3n) is 6.47. The zero-order chi connectivity index (χ0) is 21.9. The van der Waals surface area contributed by atoms with Gasteiger partial charge in [-0.25, -0.2) is 19.2 Å². The zero-order valence-electron chi connectivity index (χ0n) is 17.6. The van der Waals surface area contributed by atoms with Crippen LogP contribution in [0, 0.1) is 23.6 Å². The van der Waals surface area contributed by atoms with Crippen LogP contribution >= 0.6 is 11.3 Å². The van der Waals surface area contributed by atoms with Gasteiger partial charge in [0.05, 0.1) is 11.2 Å². The van der Waals surface area contributed by atoms with E-state index in [1.54, 1.807) is 17.6 Å². The number of halogens is 1. The molecule has 1 aliphatic carbocycles. The third kappa shape index (κ3) is 4.75. The fourth-order valence-corrected chi connectivity index (χ4v) is 5.44. The summed E-state index contributed by atoms with van der Waals surface area (Å²) in [6.45, 7) is 2.87. The van der Waals surface area contributed by atoms with E-state index >= 15 is 0 Å². The maximum absolute atomic E-state index is 13.1. The number of hydrogen-bond donors (Lipinski definition) is 1. The molecule has 1 saturated heterocycles. The first-order valence-corrected chi connectivity index (χ1v) is 11.8. The normalized spacial score (nSPS) is 22.0. The van der Waals surface area contributed by atoms with E-state index in [1.807, 2.05) is 17.6 Å². The molecule has 1 unspecified atom stereocenters. The molecule has 1 amide bonds. The highest BCUT2D eigenvalue weighted by molar-refractivity contribution is 7.07. The largest absolute Gasteiger partial charge is 0.443 e. The van der Waals surface area contributed by atoms with Crippen LogP contribution in [-0.4, -0.2) is 35.7 Å². The molecule has 1 aromatic carbocycles. The van der Waals surface area contributed by atoms with Crippen LogP contribution in [0.3, 0.4) is 0 Å². The van der Waals surface area contributed by atoms with Crippen molar-refractivity contribution in [3.63, 3.8) is 0 Å². The molecule has 2 fully saturated rings. The predicted octanol–water partition coefficient (Wildman–Crippen LogP) is 4.73. The number of hydrogen-bond acceptors (Lipinski definition) is 6. The Balaban J connectivity index is 1.08. The Morgan fingerprint density at radius 1 is 1.09 bits per heavy atom. The number of fused-ring (bicyclic) bond motifs is 1. The molecule has 1 saturated carbocycles. The average Bonchev–Trinajstić information content (AvgIpc) is 3.54. The van der Waals surface area contributed by atoms with E-state index in [9.17, 15) is 9.18 Å². The number of nitrogens with zero attached hydrogens (tertiary/aromatic N) is 3. The highest BCUT2D eigenvalue weighted by Crippen LogP contribution is 2.42. The molecule has 166 valence electrons. The van der Waals surface area contributed by atoms with Gasteiger partial charge in [-0.1, -0.05) is 12.1 Å². The van der Waals surface area contributed by atoms with E-state index < -0.39 is 0 Å². The molecule has 3 atom stereocenters. The van der Waals surface area contributed by atoms with Gasteiger partial charge in [-0.3, -0.25) is 0 Å². The van der Waals surface area contributed by atoms with Gasteiger partial charge in [-0.15, -0.1) is 11.3 Å². The molecule has 3 heterocycles. The smallest absolute Gasteiger partial charge is 0.407 e. The lowest BCUT2D eigenvalue weighted by Crippen LogP contribution is -2.30. The Morgan fingerprint density at radius 2 is 1.84 bits per heavy atom. The van der Waals surface area contributed by atoms with Crippen molar-refractivity contribution < 1.29 is 13.9 Å². The molecule has 32 heavy (non-hydrogen) atoms. The minimum absolute atomic E-state index is 0.215. The molecular formula is C24H25FN4O2S. The highest BCUT2D eigenvalue weighted by Gasteiger charge is 2.41. The van der Waals surface area contributed by atoms with Crippen molar-refractivity contribution in [3.8, 4) is 11.1 Å². The molecule has 2 aromatic heterocycles. The number of rotatable bonds is 6. The van der Waals surface area contributed by atoms with Gasteiger partial charge in [-0.2, -0.15) is 0 Å². The fourth-order valence-electron chi connectivity index (χ4n) is 4.89. The van der Waals surface area contributed by atoms with Crippen molar-refractivity contribution in [2.24, 2.45) is 17.8 Å². The third-order valence-corrected chi connectivity index (χ3v) is 7.10. The Kier molecular flexibility index (Phi) is 6.03. The van der Waals surface area contributed by atoms with Crippen LogP contribution in [0.5, 0.6) is 0 Å². The summed E-state index contributed by atoms with van der Waals surface area (Å²) in [5, 5.41) is 4.79. The summed E-state index contributed by atoms with van der Waals surface area (Å²) < 4.78 is 18.4. The molecule has 1 N–H and O–H groups in total. The van der Waals surface area contributed by atoms with E-state index in [1.165, 1.54) is 23.5 Å². The Bertz CT molecular complexity index is 1030. The molecule has 0 spiro atoms. The maximum atomic E-state index is 13.1. The van der Waals surface area contributed by atoms with Crippen molar-refractivity contribution in [3.05, 3.63) is 65.0 Å². The van der Waals surface area contributed by atoms with Crippen LogP contribution in [0.25, 0.3) is 11.1 Å². The number of alkyl carbamates (subject to hydrolysis) is 1. The van der Waals surface area contributed by atoms with E-state index in [0.29, 0.717) is 24.3 Å². The number of pyridine rings is 1. The predicted molar refractivity (Wildman–Crippen MR) is 122 cm³/mol. The lowest BCUT2D eigenvalue weighted by atomic mass is 10.0. The summed E-state index contributed by atoms with van der Waals surface area (Å²) in [7, 11) is 0. The first-order chi connectivity index (χ1) is 15.6. The van der Waals surface area contributed by atoms with Crippen LogP contribution in [0.15, 0.2) is 53.5 Å². The fraction of sp³-hybridized carbons (Fsp3) is 0.375. The summed E-state index contributed by atoms with van der Waals surface area (Å²) in [5.41, 5.74) is 4.46. The molecule has 0 bridgehead atoms. The second-order valence-electron chi connectivity index (χ2n) is 8.61. The topological polar surface area (TPSA) is 67.4 Å². The minimum Gasteiger partial charge on any atom is -0.443 e. The molecule has 0 radical (unpaired) electrons. The summed E-state index contributed by atoms with van der Waals surface area (Å²) >= 11 is 1.49. The summed E-state index contributed by atoms with van der Waals surface area (Å²) in [6.07, 6.45) is 3.71. The standard InChI is InChI=1S/C24H25FN4O2S/c25-21-4-1-17(2-5-21)18-3-6-23(26-10-18)29-11-19-7-16(8-20(19)12-29)9-27-24(30)31-13-22-14-32-15-28-22/h1-6,10,14-16,19-20H,7-9,11-13H2,(H,27,30)/t16?,19-,20+. The molecule has 8 heteroatoms. The van der Waals surface area contributed by atoms with Gasteiger partial charge < -0.3 is 15.0 Å².